The number of nitrogens with zero attached hydrogens (tertiary/aromatic N) is 1. The van der Waals surface area contributed by atoms with Gasteiger partial charge in [-0.2, -0.15) is 0 Å². The zero-order valence-corrected chi connectivity index (χ0v) is 8.59. The van der Waals surface area contributed by atoms with E-state index >= 15 is 0 Å². The zero-order valence-electron chi connectivity index (χ0n) is 8.59. The third kappa shape index (κ3) is 1.26. The largest absolute Gasteiger partial charge is 0.382 e. The molecule has 1 fully saturated rings. The van der Waals surface area contributed by atoms with Crippen molar-refractivity contribution in [2.75, 3.05) is 23.3 Å². The van der Waals surface area contributed by atoms with Crippen molar-refractivity contribution in [3.8, 4) is 0 Å². The number of rotatable bonds is 1. The molecule has 0 unspecified atom stereocenters. The van der Waals surface area contributed by atoms with Gasteiger partial charge in [-0.15, -0.1) is 0 Å². The highest BCUT2D eigenvalue weighted by atomic mass is 15.2. The van der Waals surface area contributed by atoms with Crippen molar-refractivity contribution in [2.45, 2.75) is 25.8 Å². The van der Waals surface area contributed by atoms with Crippen LogP contribution in [0, 0.1) is 6.92 Å². The number of hydrogen-bond donors (Lipinski definition) is 1. The van der Waals surface area contributed by atoms with E-state index < -0.39 is 0 Å². The zero-order chi connectivity index (χ0) is 9.54. The van der Waals surface area contributed by atoms with Crippen molar-refractivity contribution in [3.63, 3.8) is 0 Å². The monoisotopic (exact) mass is 188 g/mol. The lowest BCUT2D eigenvalue weighted by Crippen LogP contribution is -2.35. The third-order valence-electron chi connectivity index (χ3n) is 3.12. The Hall–Kier alpha value is -1.18. The predicted octanol–water partition coefficient (Wildman–Crippen LogP) is 2.39. The average Bonchev–Trinajstić information content (AvgIpc) is 2.99. The Morgan fingerprint density at radius 3 is 3.00 bits per heavy atom. The molecule has 1 aromatic carbocycles. The maximum Gasteiger partial charge on any atom is 0.0605 e. The average molecular weight is 188 g/mol. The summed E-state index contributed by atoms with van der Waals surface area (Å²) in [5.41, 5.74) is 4.07. The highest BCUT2D eigenvalue weighted by molar-refractivity contribution is 5.73. The van der Waals surface area contributed by atoms with E-state index in [0.29, 0.717) is 0 Å². The number of anilines is 2. The van der Waals surface area contributed by atoms with Crippen LogP contribution in [0.2, 0.25) is 0 Å². The minimum Gasteiger partial charge on any atom is -0.382 e. The molecule has 1 aliphatic carbocycles. The van der Waals surface area contributed by atoms with E-state index in [-0.39, 0.29) is 0 Å². The minimum atomic E-state index is 0.832. The molecule has 0 bridgehead atoms. The fourth-order valence-corrected chi connectivity index (χ4v) is 2.24. The normalized spacial score (nSPS) is 20.2. The Balaban J connectivity index is 2.01. The van der Waals surface area contributed by atoms with Crippen LogP contribution < -0.4 is 10.2 Å². The molecule has 0 saturated heterocycles. The molecule has 0 atom stereocenters. The molecule has 0 spiro atoms. The van der Waals surface area contributed by atoms with Gasteiger partial charge in [0.1, 0.15) is 0 Å². The number of aryl methyl sites for hydroxylation is 1. The second kappa shape index (κ2) is 2.91. The van der Waals surface area contributed by atoms with Gasteiger partial charge in [0.2, 0.25) is 0 Å². The third-order valence-corrected chi connectivity index (χ3v) is 3.12. The van der Waals surface area contributed by atoms with Crippen molar-refractivity contribution in [3.05, 3.63) is 23.8 Å². The van der Waals surface area contributed by atoms with Gasteiger partial charge in [-0.1, -0.05) is 6.07 Å². The highest BCUT2D eigenvalue weighted by Crippen LogP contribution is 2.37. The lowest BCUT2D eigenvalue weighted by Gasteiger charge is -2.32. The molecule has 1 N–H and O–H groups in total. The van der Waals surface area contributed by atoms with Gasteiger partial charge in [-0.3, -0.25) is 0 Å². The quantitative estimate of drug-likeness (QED) is 0.728. The van der Waals surface area contributed by atoms with Gasteiger partial charge >= 0.3 is 0 Å². The Morgan fingerprint density at radius 2 is 2.21 bits per heavy atom. The van der Waals surface area contributed by atoms with Gasteiger partial charge in [-0.25, -0.2) is 0 Å². The van der Waals surface area contributed by atoms with Crippen LogP contribution in [-0.4, -0.2) is 19.1 Å². The summed E-state index contributed by atoms with van der Waals surface area (Å²) in [5.74, 6) is 0. The van der Waals surface area contributed by atoms with Crippen LogP contribution in [0.25, 0.3) is 0 Å². The fraction of sp³-hybridized carbons (Fsp3) is 0.500. The van der Waals surface area contributed by atoms with Gasteiger partial charge in [0.15, 0.2) is 0 Å². The molecule has 14 heavy (non-hydrogen) atoms. The molecule has 1 saturated carbocycles. The van der Waals surface area contributed by atoms with E-state index in [1.54, 1.807) is 0 Å². The van der Waals surface area contributed by atoms with Gasteiger partial charge in [0.25, 0.3) is 0 Å². The van der Waals surface area contributed by atoms with Crippen molar-refractivity contribution >= 4 is 11.4 Å². The van der Waals surface area contributed by atoms with Crippen LogP contribution in [-0.2, 0) is 0 Å². The summed E-state index contributed by atoms with van der Waals surface area (Å²) in [6, 6.07) is 7.55. The lowest BCUT2D eigenvalue weighted by molar-refractivity contribution is 0.782. The summed E-state index contributed by atoms with van der Waals surface area (Å²) in [6.07, 6.45) is 2.76. The van der Waals surface area contributed by atoms with Gasteiger partial charge < -0.3 is 10.2 Å². The van der Waals surface area contributed by atoms with Crippen LogP contribution in [0.3, 0.4) is 0 Å². The van der Waals surface area contributed by atoms with Gasteiger partial charge in [-0.05, 0) is 37.5 Å². The Bertz CT molecular complexity index is 355. The molecule has 2 nitrogen and oxygen atoms in total. The first kappa shape index (κ1) is 8.16. The van der Waals surface area contributed by atoms with E-state index in [9.17, 15) is 0 Å². The highest BCUT2D eigenvalue weighted by Gasteiger charge is 2.31. The Morgan fingerprint density at radius 1 is 1.36 bits per heavy atom. The first-order chi connectivity index (χ1) is 6.84. The maximum absolute atomic E-state index is 3.47. The summed E-state index contributed by atoms with van der Waals surface area (Å²) in [7, 11) is 0. The van der Waals surface area contributed by atoms with Crippen molar-refractivity contribution < 1.29 is 0 Å². The molecule has 1 heterocycles. The summed E-state index contributed by atoms with van der Waals surface area (Å²) in [5, 5.41) is 3.47. The molecule has 0 amide bonds. The maximum atomic E-state index is 3.47. The molecule has 1 aromatic rings. The van der Waals surface area contributed by atoms with E-state index in [0.717, 1.165) is 12.6 Å². The van der Waals surface area contributed by atoms with Crippen molar-refractivity contribution in [2.24, 2.45) is 0 Å². The molecular formula is C12H16N2. The molecule has 0 aromatic heterocycles. The van der Waals surface area contributed by atoms with Crippen molar-refractivity contribution in [1.82, 2.24) is 0 Å². The van der Waals surface area contributed by atoms with Crippen LogP contribution in [0.4, 0.5) is 11.4 Å². The Labute approximate surface area is 84.9 Å². The summed E-state index contributed by atoms with van der Waals surface area (Å²) in [4.78, 5) is 2.56. The van der Waals surface area contributed by atoms with E-state index in [1.807, 2.05) is 0 Å². The number of fused-ring (bicyclic) bond motifs is 1. The topological polar surface area (TPSA) is 15.3 Å². The van der Waals surface area contributed by atoms with Gasteiger partial charge in [0.05, 0.1) is 11.4 Å². The molecule has 3 rings (SSSR count). The van der Waals surface area contributed by atoms with E-state index in [4.69, 9.17) is 0 Å². The number of hydrogen-bond acceptors (Lipinski definition) is 2. The molecule has 74 valence electrons. The first-order valence-corrected chi connectivity index (χ1v) is 5.46. The minimum absolute atomic E-state index is 0.832. The number of nitrogens with one attached hydrogen (secondary N) is 1. The lowest BCUT2D eigenvalue weighted by atomic mass is 10.1. The fourth-order valence-electron chi connectivity index (χ4n) is 2.24. The van der Waals surface area contributed by atoms with Crippen molar-refractivity contribution in [1.29, 1.82) is 0 Å². The van der Waals surface area contributed by atoms with Crippen LogP contribution >= 0.6 is 0 Å². The molecule has 2 aliphatic rings. The molecule has 0 radical (unpaired) electrons. The Kier molecular flexibility index (Phi) is 1.69. The van der Waals surface area contributed by atoms with Crippen LogP contribution in [0.15, 0.2) is 18.2 Å². The number of benzene rings is 1. The SMILES string of the molecule is Cc1ccc2c(c1)NCCN2C1CC1. The summed E-state index contributed by atoms with van der Waals surface area (Å²) >= 11 is 0. The van der Waals surface area contributed by atoms with Crippen LogP contribution in [0.1, 0.15) is 18.4 Å². The van der Waals surface area contributed by atoms with E-state index in [2.05, 4.69) is 35.3 Å². The molecule has 2 heteroatoms. The second-order valence-corrected chi connectivity index (χ2v) is 4.37. The predicted molar refractivity (Wildman–Crippen MR) is 60.0 cm³/mol. The smallest absolute Gasteiger partial charge is 0.0605 e. The van der Waals surface area contributed by atoms with Crippen LogP contribution in [0.5, 0.6) is 0 Å². The molecular weight excluding hydrogens is 172 g/mol. The standard InChI is InChI=1S/C12H16N2/c1-9-2-5-12-11(8-9)13-6-7-14(12)10-3-4-10/h2,5,8,10,13H,3-4,6-7H2,1H3. The molecule has 1 aliphatic heterocycles. The van der Waals surface area contributed by atoms with Gasteiger partial charge in [0, 0.05) is 19.1 Å². The summed E-state index contributed by atoms with van der Waals surface area (Å²) in [6.45, 7) is 4.41. The second-order valence-electron chi connectivity index (χ2n) is 4.37. The summed E-state index contributed by atoms with van der Waals surface area (Å²) < 4.78 is 0. The first-order valence-electron chi connectivity index (χ1n) is 5.46. The van der Waals surface area contributed by atoms with E-state index in [1.165, 1.54) is 36.3 Å².